The molecule has 0 bridgehead atoms. The number of hydrogen-bond donors (Lipinski definition) is 1. The summed E-state index contributed by atoms with van der Waals surface area (Å²) in [4.78, 5) is 0.324. The van der Waals surface area contributed by atoms with E-state index >= 15 is 0 Å². The van der Waals surface area contributed by atoms with Gasteiger partial charge in [-0.05, 0) is 33.1 Å². The van der Waals surface area contributed by atoms with E-state index in [0.29, 0.717) is 29.2 Å². The van der Waals surface area contributed by atoms with E-state index in [0.717, 1.165) is 19.3 Å². The molecule has 7 heteroatoms. The predicted molar refractivity (Wildman–Crippen MR) is 75.9 cm³/mol. The van der Waals surface area contributed by atoms with Gasteiger partial charge in [0.05, 0.1) is 11.4 Å². The van der Waals surface area contributed by atoms with E-state index in [1.165, 1.54) is 0 Å². The van der Waals surface area contributed by atoms with Crippen LogP contribution in [0.3, 0.4) is 0 Å². The molecule has 1 aromatic heterocycles. The lowest BCUT2D eigenvalue weighted by atomic mass is 10.0. The van der Waals surface area contributed by atoms with Crippen LogP contribution in [-0.4, -0.2) is 46.8 Å². The standard InChI is InChI=1S/C13H23N3O3S/c1-10-13(11(2)15(3)14-10)20(18,19)16-8-5-4-6-12(16)7-9-17/h12,17H,4-9H2,1-3H3. The van der Waals surface area contributed by atoms with E-state index in [9.17, 15) is 8.42 Å². The van der Waals surface area contributed by atoms with Crippen LogP contribution < -0.4 is 0 Å². The van der Waals surface area contributed by atoms with Crippen LogP contribution in [0, 0.1) is 13.8 Å². The highest BCUT2D eigenvalue weighted by Crippen LogP contribution is 2.29. The largest absolute Gasteiger partial charge is 0.396 e. The minimum absolute atomic E-state index is 0.0156. The number of rotatable bonds is 4. The van der Waals surface area contributed by atoms with E-state index in [4.69, 9.17) is 5.11 Å². The summed E-state index contributed by atoms with van der Waals surface area (Å²) in [6.07, 6.45) is 3.21. The molecule has 2 rings (SSSR count). The fourth-order valence-electron chi connectivity index (χ4n) is 2.97. The van der Waals surface area contributed by atoms with Gasteiger partial charge < -0.3 is 5.11 Å². The zero-order valence-corrected chi connectivity index (χ0v) is 13.2. The first-order chi connectivity index (χ1) is 9.39. The van der Waals surface area contributed by atoms with Gasteiger partial charge in [0.25, 0.3) is 0 Å². The maximum Gasteiger partial charge on any atom is 0.246 e. The Labute approximate surface area is 120 Å². The van der Waals surface area contributed by atoms with Gasteiger partial charge in [-0.3, -0.25) is 4.68 Å². The van der Waals surface area contributed by atoms with E-state index < -0.39 is 10.0 Å². The lowest BCUT2D eigenvalue weighted by molar-refractivity contribution is 0.192. The molecular weight excluding hydrogens is 278 g/mol. The average Bonchev–Trinajstić information content (AvgIpc) is 2.64. The summed E-state index contributed by atoms with van der Waals surface area (Å²) in [5.74, 6) is 0. The molecule has 0 amide bonds. The van der Waals surface area contributed by atoms with Crippen LogP contribution in [0.5, 0.6) is 0 Å². The van der Waals surface area contributed by atoms with Crippen LogP contribution in [0.25, 0.3) is 0 Å². The zero-order chi connectivity index (χ0) is 14.9. The summed E-state index contributed by atoms with van der Waals surface area (Å²) < 4.78 is 29.0. The average molecular weight is 301 g/mol. The normalized spacial score (nSPS) is 21.3. The smallest absolute Gasteiger partial charge is 0.246 e. The quantitative estimate of drug-likeness (QED) is 0.899. The van der Waals surface area contributed by atoms with Crippen LogP contribution >= 0.6 is 0 Å². The molecule has 6 nitrogen and oxygen atoms in total. The van der Waals surface area contributed by atoms with Gasteiger partial charge in [0.1, 0.15) is 4.90 Å². The molecule has 0 radical (unpaired) electrons. The molecule has 1 aromatic rings. The minimum atomic E-state index is -3.54. The van der Waals surface area contributed by atoms with Gasteiger partial charge in [0, 0.05) is 26.2 Å². The molecular formula is C13H23N3O3S. The number of aryl methyl sites for hydroxylation is 2. The highest BCUT2D eigenvalue weighted by molar-refractivity contribution is 7.89. The summed E-state index contributed by atoms with van der Waals surface area (Å²) in [5, 5.41) is 13.4. The number of aliphatic hydroxyl groups excluding tert-OH is 1. The lowest BCUT2D eigenvalue weighted by Crippen LogP contribution is -2.44. The molecule has 0 aromatic carbocycles. The SMILES string of the molecule is Cc1nn(C)c(C)c1S(=O)(=O)N1CCCCC1CCO. The Balaban J connectivity index is 2.42. The molecule has 20 heavy (non-hydrogen) atoms. The van der Waals surface area contributed by atoms with Gasteiger partial charge in [0.2, 0.25) is 10.0 Å². The maximum atomic E-state index is 12.9. The number of aromatic nitrogens is 2. The number of hydrogen-bond acceptors (Lipinski definition) is 4. The zero-order valence-electron chi connectivity index (χ0n) is 12.3. The summed E-state index contributed by atoms with van der Waals surface area (Å²) in [6.45, 7) is 4.05. The molecule has 1 unspecified atom stereocenters. The summed E-state index contributed by atoms with van der Waals surface area (Å²) >= 11 is 0. The Morgan fingerprint density at radius 2 is 2.05 bits per heavy atom. The Hall–Kier alpha value is -0.920. The van der Waals surface area contributed by atoms with Crippen molar-refractivity contribution in [2.45, 2.75) is 50.5 Å². The minimum Gasteiger partial charge on any atom is -0.396 e. The Kier molecular flexibility index (Phi) is 4.51. The summed E-state index contributed by atoms with van der Waals surface area (Å²) in [7, 11) is -1.78. The van der Waals surface area contributed by atoms with Crippen molar-refractivity contribution in [3.63, 3.8) is 0 Å². The Morgan fingerprint density at radius 1 is 1.35 bits per heavy atom. The first kappa shape index (κ1) is 15.5. The third-order valence-electron chi connectivity index (χ3n) is 4.04. The molecule has 1 aliphatic rings. The van der Waals surface area contributed by atoms with Gasteiger partial charge in [-0.25, -0.2) is 8.42 Å². The second-order valence-electron chi connectivity index (χ2n) is 5.40. The highest BCUT2D eigenvalue weighted by atomic mass is 32.2. The monoisotopic (exact) mass is 301 g/mol. The first-order valence-electron chi connectivity index (χ1n) is 7.02. The topological polar surface area (TPSA) is 75.4 Å². The molecule has 1 aliphatic heterocycles. The van der Waals surface area contributed by atoms with Crippen molar-refractivity contribution < 1.29 is 13.5 Å². The van der Waals surface area contributed by atoms with E-state index in [-0.39, 0.29) is 12.6 Å². The molecule has 0 spiro atoms. The molecule has 2 heterocycles. The van der Waals surface area contributed by atoms with Gasteiger partial charge >= 0.3 is 0 Å². The highest BCUT2D eigenvalue weighted by Gasteiger charge is 2.36. The molecule has 1 N–H and O–H groups in total. The third-order valence-corrected chi connectivity index (χ3v) is 6.25. The molecule has 1 fully saturated rings. The Morgan fingerprint density at radius 3 is 2.60 bits per heavy atom. The summed E-state index contributed by atoms with van der Waals surface area (Å²) in [6, 6.07) is -0.0993. The second kappa shape index (κ2) is 5.83. The number of aliphatic hydroxyl groups is 1. The van der Waals surface area contributed by atoms with E-state index in [2.05, 4.69) is 5.10 Å². The van der Waals surface area contributed by atoms with Crippen LogP contribution in [0.4, 0.5) is 0 Å². The third kappa shape index (κ3) is 2.62. The number of piperidine rings is 1. The molecule has 0 aliphatic carbocycles. The van der Waals surface area contributed by atoms with Crippen molar-refractivity contribution in [3.05, 3.63) is 11.4 Å². The van der Waals surface area contributed by atoms with Gasteiger partial charge in [-0.1, -0.05) is 6.42 Å². The van der Waals surface area contributed by atoms with Crippen LogP contribution in [0.2, 0.25) is 0 Å². The number of sulfonamides is 1. The van der Waals surface area contributed by atoms with Gasteiger partial charge in [-0.2, -0.15) is 9.40 Å². The number of nitrogens with zero attached hydrogens (tertiary/aromatic N) is 3. The van der Waals surface area contributed by atoms with E-state index in [1.807, 2.05) is 0 Å². The van der Waals surface area contributed by atoms with Gasteiger partial charge in [-0.15, -0.1) is 0 Å². The molecule has 1 saturated heterocycles. The second-order valence-corrected chi connectivity index (χ2v) is 7.23. The van der Waals surface area contributed by atoms with Crippen LogP contribution in [0.15, 0.2) is 4.90 Å². The maximum absolute atomic E-state index is 12.9. The summed E-state index contributed by atoms with van der Waals surface area (Å²) in [5.41, 5.74) is 1.20. The molecule has 114 valence electrons. The lowest BCUT2D eigenvalue weighted by Gasteiger charge is -2.34. The molecule has 0 saturated carbocycles. The van der Waals surface area contributed by atoms with Crippen molar-refractivity contribution in [2.24, 2.45) is 7.05 Å². The fraction of sp³-hybridized carbons (Fsp3) is 0.769. The van der Waals surface area contributed by atoms with Crippen molar-refractivity contribution in [3.8, 4) is 0 Å². The van der Waals surface area contributed by atoms with Crippen molar-refractivity contribution in [1.82, 2.24) is 14.1 Å². The molecule has 1 atom stereocenters. The van der Waals surface area contributed by atoms with Crippen LogP contribution in [-0.2, 0) is 17.1 Å². The van der Waals surface area contributed by atoms with Crippen molar-refractivity contribution >= 4 is 10.0 Å². The fourth-order valence-corrected chi connectivity index (χ4v) is 5.10. The van der Waals surface area contributed by atoms with Crippen molar-refractivity contribution in [2.75, 3.05) is 13.2 Å². The van der Waals surface area contributed by atoms with E-state index in [1.54, 1.807) is 29.9 Å². The Bertz CT molecular complexity index is 578. The first-order valence-corrected chi connectivity index (χ1v) is 8.46. The van der Waals surface area contributed by atoms with Crippen LogP contribution in [0.1, 0.15) is 37.1 Å². The van der Waals surface area contributed by atoms with Crippen molar-refractivity contribution in [1.29, 1.82) is 0 Å². The predicted octanol–water partition coefficient (Wildman–Crippen LogP) is 0.963. The van der Waals surface area contributed by atoms with Gasteiger partial charge in [0.15, 0.2) is 0 Å².